The summed E-state index contributed by atoms with van der Waals surface area (Å²) < 4.78 is 26.7. The van der Waals surface area contributed by atoms with Crippen LogP contribution in [0.3, 0.4) is 0 Å². The van der Waals surface area contributed by atoms with Gasteiger partial charge in [0, 0.05) is 6.92 Å². The summed E-state index contributed by atoms with van der Waals surface area (Å²) >= 11 is 0. The molecule has 0 saturated heterocycles. The van der Waals surface area contributed by atoms with Gasteiger partial charge in [-0.2, -0.15) is 5.26 Å². The van der Waals surface area contributed by atoms with Gasteiger partial charge in [0.15, 0.2) is 0 Å². The lowest BCUT2D eigenvalue weighted by atomic mass is 9.97. The van der Waals surface area contributed by atoms with E-state index in [1.54, 1.807) is 12.1 Å². The van der Waals surface area contributed by atoms with Crippen LogP contribution >= 0.6 is 0 Å². The molecule has 0 radical (unpaired) electrons. The van der Waals surface area contributed by atoms with Gasteiger partial charge in [0.2, 0.25) is 15.9 Å². The van der Waals surface area contributed by atoms with E-state index in [9.17, 15) is 18.0 Å². The highest BCUT2D eigenvalue weighted by Gasteiger charge is 2.33. The second kappa shape index (κ2) is 8.12. The zero-order valence-corrected chi connectivity index (χ0v) is 14.8. The fourth-order valence-corrected chi connectivity index (χ4v) is 4.29. The average Bonchev–Trinajstić information content (AvgIpc) is 3.06. The Bertz CT molecular complexity index is 792. The molecular weight excluding hydrogens is 342 g/mol. The van der Waals surface area contributed by atoms with Crippen molar-refractivity contribution < 1.29 is 18.0 Å². The van der Waals surface area contributed by atoms with Crippen LogP contribution in [0.15, 0.2) is 24.3 Å². The highest BCUT2D eigenvalue weighted by Crippen LogP contribution is 2.28. The lowest BCUT2D eigenvalue weighted by Crippen LogP contribution is -2.51. The molecule has 7 nitrogen and oxygen atoms in total. The van der Waals surface area contributed by atoms with Crippen LogP contribution in [-0.4, -0.2) is 26.3 Å². The SMILES string of the molecule is CC(=O)N[C@@H](C(=O)NS(=O)(=O)Cc1ccccc1C#N)C1CCCC1. The maximum absolute atomic E-state index is 12.5. The van der Waals surface area contributed by atoms with E-state index in [-0.39, 0.29) is 17.4 Å². The maximum atomic E-state index is 12.5. The summed E-state index contributed by atoms with van der Waals surface area (Å²) in [5.41, 5.74) is 0.566. The van der Waals surface area contributed by atoms with Crippen LogP contribution in [0, 0.1) is 17.2 Å². The van der Waals surface area contributed by atoms with Crippen LogP contribution in [0.2, 0.25) is 0 Å². The van der Waals surface area contributed by atoms with E-state index in [1.165, 1.54) is 19.1 Å². The van der Waals surface area contributed by atoms with E-state index >= 15 is 0 Å². The summed E-state index contributed by atoms with van der Waals surface area (Å²) in [7, 11) is -3.98. The Kier molecular flexibility index (Phi) is 6.15. The molecule has 2 amide bonds. The number of carbonyl (C=O) groups is 2. The van der Waals surface area contributed by atoms with Gasteiger partial charge < -0.3 is 5.32 Å². The molecule has 2 N–H and O–H groups in total. The first kappa shape index (κ1) is 18.9. The van der Waals surface area contributed by atoms with Crippen LogP contribution in [0.4, 0.5) is 0 Å². The molecule has 1 saturated carbocycles. The molecule has 0 aliphatic heterocycles. The van der Waals surface area contributed by atoms with Crippen LogP contribution in [0.5, 0.6) is 0 Å². The Morgan fingerprint density at radius 2 is 1.92 bits per heavy atom. The molecule has 1 aromatic rings. The van der Waals surface area contributed by atoms with Crippen molar-refractivity contribution >= 4 is 21.8 Å². The minimum absolute atomic E-state index is 0.0644. The molecule has 8 heteroatoms. The Morgan fingerprint density at radius 1 is 1.28 bits per heavy atom. The molecule has 134 valence electrons. The van der Waals surface area contributed by atoms with Crippen LogP contribution in [-0.2, 0) is 25.4 Å². The average molecular weight is 363 g/mol. The predicted octanol–water partition coefficient (Wildman–Crippen LogP) is 1.20. The summed E-state index contributed by atoms with van der Waals surface area (Å²) in [5.74, 6) is -1.64. The number of nitriles is 1. The minimum Gasteiger partial charge on any atom is -0.344 e. The monoisotopic (exact) mass is 363 g/mol. The number of nitrogens with zero attached hydrogens (tertiary/aromatic N) is 1. The quantitative estimate of drug-likeness (QED) is 0.788. The van der Waals surface area contributed by atoms with Crippen LogP contribution < -0.4 is 10.0 Å². The van der Waals surface area contributed by atoms with Gasteiger partial charge in [-0.25, -0.2) is 8.42 Å². The first-order valence-corrected chi connectivity index (χ1v) is 9.77. The van der Waals surface area contributed by atoms with Crippen molar-refractivity contribution in [2.24, 2.45) is 5.92 Å². The third-order valence-corrected chi connectivity index (χ3v) is 5.46. The summed E-state index contributed by atoms with van der Waals surface area (Å²) in [6, 6.07) is 7.39. The molecular formula is C17H21N3O4S. The van der Waals surface area contributed by atoms with E-state index in [4.69, 9.17) is 5.26 Å². The molecule has 1 aliphatic rings. The van der Waals surface area contributed by atoms with Gasteiger partial charge in [0.25, 0.3) is 5.91 Å². The standard InChI is InChI=1S/C17H21N3O4S/c1-12(21)19-16(13-6-2-3-7-13)17(22)20-25(23,24)11-15-9-5-4-8-14(15)10-18/h4-5,8-9,13,16H,2-3,6-7,11H2,1H3,(H,19,21)(H,20,22)/t16-/m1/s1. The molecule has 0 unspecified atom stereocenters. The number of hydrogen-bond acceptors (Lipinski definition) is 5. The number of amides is 2. The lowest BCUT2D eigenvalue weighted by Gasteiger charge is -2.23. The van der Waals surface area contributed by atoms with Gasteiger partial charge in [-0.1, -0.05) is 31.0 Å². The van der Waals surface area contributed by atoms with Crippen LogP contribution in [0.1, 0.15) is 43.7 Å². The summed E-state index contributed by atoms with van der Waals surface area (Å²) in [5, 5.41) is 11.6. The van der Waals surface area contributed by atoms with Gasteiger partial charge in [-0.05, 0) is 30.4 Å². The Labute approximate surface area is 147 Å². The van der Waals surface area contributed by atoms with Gasteiger partial charge in [-0.15, -0.1) is 0 Å². The van der Waals surface area contributed by atoms with E-state index in [2.05, 4.69) is 5.32 Å². The largest absolute Gasteiger partial charge is 0.344 e. The first-order valence-electron chi connectivity index (χ1n) is 8.12. The van der Waals surface area contributed by atoms with Crippen LogP contribution in [0.25, 0.3) is 0 Å². The molecule has 0 aromatic heterocycles. The molecule has 1 aliphatic carbocycles. The summed E-state index contributed by atoms with van der Waals surface area (Å²) in [6.45, 7) is 1.30. The number of benzene rings is 1. The van der Waals surface area contributed by atoms with E-state index in [0.717, 1.165) is 25.7 Å². The summed E-state index contributed by atoms with van der Waals surface area (Å²) in [4.78, 5) is 23.8. The van der Waals surface area contributed by atoms with Gasteiger partial charge >= 0.3 is 0 Å². The topological polar surface area (TPSA) is 116 Å². The molecule has 2 rings (SSSR count). The molecule has 1 fully saturated rings. The molecule has 1 atom stereocenters. The molecule has 0 bridgehead atoms. The van der Waals surface area contributed by atoms with Gasteiger partial charge in [0.1, 0.15) is 6.04 Å². The third-order valence-electron chi connectivity index (χ3n) is 4.25. The highest BCUT2D eigenvalue weighted by molar-refractivity contribution is 7.89. The lowest BCUT2D eigenvalue weighted by molar-refractivity contribution is -0.128. The fourth-order valence-electron chi connectivity index (χ4n) is 3.12. The predicted molar refractivity (Wildman–Crippen MR) is 91.5 cm³/mol. The van der Waals surface area contributed by atoms with Crippen molar-refractivity contribution in [1.29, 1.82) is 5.26 Å². The first-order chi connectivity index (χ1) is 11.8. The van der Waals surface area contributed by atoms with Crippen molar-refractivity contribution in [3.8, 4) is 6.07 Å². The second-order valence-corrected chi connectivity index (χ2v) is 7.94. The van der Waals surface area contributed by atoms with E-state index in [1.807, 2.05) is 10.8 Å². The van der Waals surface area contributed by atoms with Crippen molar-refractivity contribution in [3.63, 3.8) is 0 Å². The Balaban J connectivity index is 2.12. The second-order valence-electron chi connectivity index (χ2n) is 6.22. The van der Waals surface area contributed by atoms with Crippen molar-refractivity contribution in [2.75, 3.05) is 0 Å². The number of nitrogens with one attached hydrogen (secondary N) is 2. The Hall–Kier alpha value is -2.40. The number of rotatable bonds is 6. The minimum atomic E-state index is -3.98. The maximum Gasteiger partial charge on any atom is 0.256 e. The highest BCUT2D eigenvalue weighted by atomic mass is 32.2. The van der Waals surface area contributed by atoms with Gasteiger partial charge in [0.05, 0.1) is 17.4 Å². The number of carbonyl (C=O) groups excluding carboxylic acids is 2. The van der Waals surface area contributed by atoms with E-state index in [0.29, 0.717) is 5.56 Å². The number of hydrogen-bond donors (Lipinski definition) is 2. The molecule has 25 heavy (non-hydrogen) atoms. The molecule has 0 spiro atoms. The van der Waals surface area contributed by atoms with Crippen molar-refractivity contribution in [1.82, 2.24) is 10.0 Å². The number of sulfonamides is 1. The zero-order chi connectivity index (χ0) is 18.4. The summed E-state index contributed by atoms with van der Waals surface area (Å²) in [6.07, 6.45) is 3.46. The zero-order valence-electron chi connectivity index (χ0n) is 14.0. The van der Waals surface area contributed by atoms with Gasteiger partial charge in [-0.3, -0.25) is 14.3 Å². The third kappa shape index (κ3) is 5.29. The Morgan fingerprint density at radius 3 is 2.52 bits per heavy atom. The fraction of sp³-hybridized carbons (Fsp3) is 0.471. The smallest absolute Gasteiger partial charge is 0.256 e. The normalized spacial score (nSPS) is 16.0. The van der Waals surface area contributed by atoms with Crippen molar-refractivity contribution in [2.45, 2.75) is 44.4 Å². The molecule has 0 heterocycles. The van der Waals surface area contributed by atoms with E-state index < -0.39 is 27.7 Å². The molecule has 1 aromatic carbocycles. The van der Waals surface area contributed by atoms with Crippen molar-refractivity contribution in [3.05, 3.63) is 35.4 Å².